The molecule has 0 unspecified atom stereocenters. The van der Waals surface area contributed by atoms with Crippen LogP contribution in [0.25, 0.3) is 0 Å². The number of carbonyl (C=O) groups excluding carboxylic acids is 1. The van der Waals surface area contributed by atoms with Gasteiger partial charge in [-0.15, -0.1) is 0 Å². The Labute approximate surface area is 104 Å². The van der Waals surface area contributed by atoms with Crippen LogP contribution in [-0.2, 0) is 4.79 Å². The van der Waals surface area contributed by atoms with Gasteiger partial charge in [-0.25, -0.2) is 0 Å². The number of aryl methyl sites for hydroxylation is 1. The molecule has 0 bridgehead atoms. The number of aromatic nitrogens is 2. The second-order valence-electron chi connectivity index (χ2n) is 4.42. The van der Waals surface area contributed by atoms with E-state index in [9.17, 15) is 4.79 Å². The molecule has 5 heteroatoms. The summed E-state index contributed by atoms with van der Waals surface area (Å²) < 4.78 is 5.14. The van der Waals surface area contributed by atoms with Crippen LogP contribution in [0.4, 0.5) is 5.69 Å². The Morgan fingerprint density at radius 1 is 1.33 bits per heavy atom. The monoisotopic (exact) mass is 243 g/mol. The van der Waals surface area contributed by atoms with Crippen LogP contribution >= 0.6 is 0 Å². The minimum atomic E-state index is -0.00101. The summed E-state index contributed by atoms with van der Waals surface area (Å²) in [6.07, 6.45) is 0.427. The van der Waals surface area contributed by atoms with Gasteiger partial charge in [0.25, 0.3) is 0 Å². The molecule has 1 fully saturated rings. The molecule has 1 atom stereocenters. The third kappa shape index (κ3) is 1.88. The van der Waals surface area contributed by atoms with Gasteiger partial charge >= 0.3 is 0 Å². The molecule has 2 heterocycles. The zero-order chi connectivity index (χ0) is 12.5. The van der Waals surface area contributed by atoms with Gasteiger partial charge in [-0.3, -0.25) is 4.79 Å². The number of amides is 1. The van der Waals surface area contributed by atoms with Crippen LogP contribution in [0.1, 0.15) is 24.1 Å². The van der Waals surface area contributed by atoms with Crippen LogP contribution < -0.4 is 4.90 Å². The number of nitrogens with zero attached hydrogens (tertiary/aromatic N) is 3. The van der Waals surface area contributed by atoms with Crippen molar-refractivity contribution in [2.45, 2.75) is 19.3 Å². The van der Waals surface area contributed by atoms with Crippen molar-refractivity contribution in [3.63, 3.8) is 0 Å². The number of para-hydroxylation sites is 1. The predicted octanol–water partition coefficient (Wildman–Crippen LogP) is 1.90. The lowest BCUT2D eigenvalue weighted by molar-refractivity contribution is -0.117. The standard InChI is InChI=1S/C13H13N3O2/c1-9-14-13(18-15-9)10-7-12(17)16(8-10)11-5-3-2-4-6-11/h2-6,10H,7-8H2,1H3/t10-/m0/s1. The molecule has 3 rings (SSSR count). The largest absolute Gasteiger partial charge is 0.339 e. The summed E-state index contributed by atoms with van der Waals surface area (Å²) in [5, 5.41) is 3.77. The van der Waals surface area contributed by atoms with E-state index in [-0.39, 0.29) is 11.8 Å². The lowest BCUT2D eigenvalue weighted by Gasteiger charge is -2.15. The number of benzene rings is 1. The highest BCUT2D eigenvalue weighted by molar-refractivity contribution is 5.96. The van der Waals surface area contributed by atoms with E-state index in [1.165, 1.54) is 0 Å². The van der Waals surface area contributed by atoms with Crippen LogP contribution in [0.2, 0.25) is 0 Å². The first-order valence-corrected chi connectivity index (χ1v) is 5.89. The highest BCUT2D eigenvalue weighted by Gasteiger charge is 2.34. The first kappa shape index (κ1) is 11.0. The van der Waals surface area contributed by atoms with Crippen LogP contribution in [-0.4, -0.2) is 22.6 Å². The normalized spacial score (nSPS) is 19.5. The van der Waals surface area contributed by atoms with Crippen LogP contribution in [0.5, 0.6) is 0 Å². The molecule has 0 saturated carbocycles. The van der Waals surface area contributed by atoms with Crippen LogP contribution in [0.3, 0.4) is 0 Å². The minimum Gasteiger partial charge on any atom is -0.339 e. The highest BCUT2D eigenvalue weighted by atomic mass is 16.5. The number of hydrogen-bond donors (Lipinski definition) is 0. The van der Waals surface area contributed by atoms with E-state index in [4.69, 9.17) is 4.52 Å². The maximum absolute atomic E-state index is 12.0. The summed E-state index contributed by atoms with van der Waals surface area (Å²) in [5.41, 5.74) is 0.918. The molecule has 0 spiro atoms. The molecule has 1 saturated heterocycles. The molecular weight excluding hydrogens is 230 g/mol. The first-order chi connectivity index (χ1) is 8.74. The average molecular weight is 243 g/mol. The van der Waals surface area contributed by atoms with Gasteiger partial charge in [0.1, 0.15) is 0 Å². The minimum absolute atomic E-state index is 0.00101. The highest BCUT2D eigenvalue weighted by Crippen LogP contribution is 2.30. The van der Waals surface area contributed by atoms with Crippen molar-refractivity contribution < 1.29 is 9.32 Å². The SMILES string of the molecule is Cc1noc([C@H]2CC(=O)N(c3ccccc3)C2)n1. The van der Waals surface area contributed by atoms with Gasteiger partial charge in [0, 0.05) is 18.7 Å². The van der Waals surface area contributed by atoms with Crippen molar-refractivity contribution in [3.8, 4) is 0 Å². The fourth-order valence-electron chi connectivity index (χ4n) is 2.21. The lowest BCUT2D eigenvalue weighted by atomic mass is 10.1. The quantitative estimate of drug-likeness (QED) is 0.808. The Balaban J connectivity index is 1.83. The van der Waals surface area contributed by atoms with Gasteiger partial charge in [0.15, 0.2) is 5.82 Å². The van der Waals surface area contributed by atoms with Gasteiger partial charge in [-0.1, -0.05) is 23.4 Å². The molecular formula is C13H13N3O2. The molecule has 1 aliphatic rings. The van der Waals surface area contributed by atoms with Crippen molar-refractivity contribution in [2.75, 3.05) is 11.4 Å². The predicted molar refractivity (Wildman–Crippen MR) is 65.2 cm³/mol. The molecule has 5 nitrogen and oxygen atoms in total. The second-order valence-corrected chi connectivity index (χ2v) is 4.42. The molecule has 92 valence electrons. The molecule has 1 aliphatic heterocycles. The number of anilines is 1. The Bertz CT molecular complexity index is 565. The summed E-state index contributed by atoms with van der Waals surface area (Å²) in [6, 6.07) is 9.64. The van der Waals surface area contributed by atoms with Gasteiger partial charge in [-0.05, 0) is 19.1 Å². The second kappa shape index (κ2) is 4.25. The first-order valence-electron chi connectivity index (χ1n) is 5.89. The molecule has 0 aliphatic carbocycles. The third-order valence-electron chi connectivity index (χ3n) is 3.09. The Morgan fingerprint density at radius 3 is 2.78 bits per heavy atom. The van der Waals surface area contributed by atoms with Crippen molar-refractivity contribution >= 4 is 11.6 Å². The van der Waals surface area contributed by atoms with Gasteiger partial charge in [0.05, 0.1) is 5.92 Å². The van der Waals surface area contributed by atoms with Crippen molar-refractivity contribution in [1.29, 1.82) is 0 Å². The van der Waals surface area contributed by atoms with E-state index in [2.05, 4.69) is 10.1 Å². The van der Waals surface area contributed by atoms with Crippen LogP contribution in [0.15, 0.2) is 34.9 Å². The number of carbonyl (C=O) groups is 1. The van der Waals surface area contributed by atoms with E-state index in [1.54, 1.807) is 11.8 Å². The van der Waals surface area contributed by atoms with Gasteiger partial charge in [-0.2, -0.15) is 4.98 Å². The fraction of sp³-hybridized carbons (Fsp3) is 0.308. The van der Waals surface area contributed by atoms with E-state index in [0.29, 0.717) is 24.7 Å². The summed E-state index contributed by atoms with van der Waals surface area (Å²) in [6.45, 7) is 2.38. The van der Waals surface area contributed by atoms with Crippen molar-refractivity contribution in [3.05, 3.63) is 42.0 Å². The van der Waals surface area contributed by atoms with Gasteiger partial charge < -0.3 is 9.42 Å². The maximum Gasteiger partial charge on any atom is 0.232 e. The topological polar surface area (TPSA) is 59.2 Å². The molecule has 0 radical (unpaired) electrons. The summed E-state index contributed by atoms with van der Waals surface area (Å²) in [4.78, 5) is 18.0. The Morgan fingerprint density at radius 2 is 2.11 bits per heavy atom. The molecule has 1 amide bonds. The third-order valence-corrected chi connectivity index (χ3v) is 3.09. The fourth-order valence-corrected chi connectivity index (χ4v) is 2.21. The Hall–Kier alpha value is -2.17. The number of hydrogen-bond acceptors (Lipinski definition) is 4. The summed E-state index contributed by atoms with van der Waals surface area (Å²) in [5.74, 6) is 1.26. The smallest absolute Gasteiger partial charge is 0.232 e. The van der Waals surface area contributed by atoms with Crippen LogP contribution in [0, 0.1) is 6.92 Å². The molecule has 18 heavy (non-hydrogen) atoms. The molecule has 1 aromatic carbocycles. The lowest BCUT2D eigenvalue weighted by Crippen LogP contribution is -2.24. The maximum atomic E-state index is 12.0. The average Bonchev–Trinajstić information content (AvgIpc) is 2.97. The zero-order valence-electron chi connectivity index (χ0n) is 10.0. The molecule has 0 N–H and O–H groups in total. The van der Waals surface area contributed by atoms with Crippen molar-refractivity contribution in [2.24, 2.45) is 0 Å². The zero-order valence-corrected chi connectivity index (χ0v) is 10.0. The van der Waals surface area contributed by atoms with Crippen molar-refractivity contribution in [1.82, 2.24) is 10.1 Å². The Kier molecular flexibility index (Phi) is 2.59. The molecule has 2 aromatic rings. The van der Waals surface area contributed by atoms with E-state index < -0.39 is 0 Å². The number of rotatable bonds is 2. The van der Waals surface area contributed by atoms with E-state index in [1.807, 2.05) is 30.3 Å². The van der Waals surface area contributed by atoms with E-state index in [0.717, 1.165) is 5.69 Å². The summed E-state index contributed by atoms with van der Waals surface area (Å²) in [7, 11) is 0. The van der Waals surface area contributed by atoms with E-state index >= 15 is 0 Å². The molecule has 1 aromatic heterocycles. The summed E-state index contributed by atoms with van der Waals surface area (Å²) >= 11 is 0. The van der Waals surface area contributed by atoms with Gasteiger partial charge in [0.2, 0.25) is 11.8 Å².